The van der Waals surface area contributed by atoms with Crippen molar-refractivity contribution in [3.63, 3.8) is 0 Å². The van der Waals surface area contributed by atoms with Crippen molar-refractivity contribution in [2.75, 3.05) is 25.0 Å². The van der Waals surface area contributed by atoms with E-state index in [9.17, 15) is 0 Å². The Hall–Kier alpha value is -2.02. The molecular weight excluding hydrogens is 316 g/mol. The quantitative estimate of drug-likeness (QED) is 0.823. The van der Waals surface area contributed by atoms with Crippen molar-refractivity contribution in [2.24, 2.45) is 0 Å². The van der Waals surface area contributed by atoms with Crippen LogP contribution >= 0.6 is 0 Å². The minimum Gasteiger partial charge on any atom is -0.355 e. The van der Waals surface area contributed by atoms with E-state index in [1.54, 1.807) is 6.33 Å². The Labute approximate surface area is 148 Å². The first-order valence-electron chi connectivity index (χ1n) is 9.34. The van der Waals surface area contributed by atoms with Crippen molar-refractivity contribution >= 4 is 5.82 Å². The molecule has 0 saturated carbocycles. The van der Waals surface area contributed by atoms with Crippen LogP contribution in [0.1, 0.15) is 49.2 Å². The SMILES string of the molecule is CCc1nc(CN2CCC[C@H](N(C)c3ncnc4c3CCC4)C2)no1. The third-order valence-electron chi connectivity index (χ3n) is 5.39. The van der Waals surface area contributed by atoms with Crippen molar-refractivity contribution in [3.05, 3.63) is 29.3 Å². The monoisotopic (exact) mass is 342 g/mol. The maximum atomic E-state index is 5.23. The topological polar surface area (TPSA) is 71.2 Å². The highest BCUT2D eigenvalue weighted by atomic mass is 16.5. The van der Waals surface area contributed by atoms with Crippen molar-refractivity contribution in [3.8, 4) is 0 Å². The Morgan fingerprint density at radius 3 is 3.04 bits per heavy atom. The number of hydrogen-bond acceptors (Lipinski definition) is 7. The highest BCUT2D eigenvalue weighted by Crippen LogP contribution is 2.30. The molecule has 4 rings (SSSR count). The molecule has 0 aromatic carbocycles. The Morgan fingerprint density at radius 2 is 2.20 bits per heavy atom. The van der Waals surface area contributed by atoms with Gasteiger partial charge in [-0.05, 0) is 38.6 Å². The van der Waals surface area contributed by atoms with Crippen LogP contribution in [0.5, 0.6) is 0 Å². The minimum atomic E-state index is 0.464. The standard InChI is InChI=1S/C18H26N6O/c1-3-17-21-16(22-25-17)11-24-9-5-6-13(10-24)23(2)18-14-7-4-8-15(14)19-12-20-18/h12-13H,3-11H2,1-2H3/t13-/m0/s1. The van der Waals surface area contributed by atoms with Crippen LogP contribution in [-0.2, 0) is 25.8 Å². The molecular formula is C18H26N6O. The zero-order valence-corrected chi connectivity index (χ0v) is 15.1. The van der Waals surface area contributed by atoms with Gasteiger partial charge >= 0.3 is 0 Å². The van der Waals surface area contributed by atoms with E-state index in [1.165, 1.54) is 30.5 Å². The lowest BCUT2D eigenvalue weighted by molar-refractivity contribution is 0.192. The normalized spacial score (nSPS) is 20.6. The Kier molecular flexibility index (Phi) is 4.65. The van der Waals surface area contributed by atoms with Crippen LogP contribution in [0.15, 0.2) is 10.9 Å². The number of likely N-dealkylation sites (N-methyl/N-ethyl adjacent to an activating group) is 1. The summed E-state index contributed by atoms with van der Waals surface area (Å²) in [7, 11) is 2.18. The van der Waals surface area contributed by atoms with E-state index >= 15 is 0 Å². The molecule has 1 atom stereocenters. The third-order valence-corrected chi connectivity index (χ3v) is 5.39. The van der Waals surface area contributed by atoms with Gasteiger partial charge in [0, 0.05) is 37.3 Å². The van der Waals surface area contributed by atoms with E-state index < -0.39 is 0 Å². The van der Waals surface area contributed by atoms with Crippen LogP contribution in [0.2, 0.25) is 0 Å². The van der Waals surface area contributed by atoms with Crippen molar-refractivity contribution in [1.82, 2.24) is 25.0 Å². The molecule has 0 unspecified atom stereocenters. The number of aromatic nitrogens is 4. The summed E-state index contributed by atoms with van der Waals surface area (Å²) in [5.41, 5.74) is 2.59. The van der Waals surface area contributed by atoms with Gasteiger partial charge in [0.15, 0.2) is 5.82 Å². The highest BCUT2D eigenvalue weighted by molar-refractivity contribution is 5.50. The highest BCUT2D eigenvalue weighted by Gasteiger charge is 2.28. The van der Waals surface area contributed by atoms with E-state index in [-0.39, 0.29) is 0 Å². The van der Waals surface area contributed by atoms with Gasteiger partial charge in [-0.1, -0.05) is 12.1 Å². The molecule has 1 fully saturated rings. The van der Waals surface area contributed by atoms with Gasteiger partial charge in [0.1, 0.15) is 12.1 Å². The summed E-state index contributed by atoms with van der Waals surface area (Å²) in [4.78, 5) is 18.3. The number of aryl methyl sites for hydroxylation is 2. The molecule has 0 radical (unpaired) electrons. The number of anilines is 1. The summed E-state index contributed by atoms with van der Waals surface area (Å²) in [5.74, 6) is 2.64. The first-order chi connectivity index (χ1) is 12.2. The Bertz CT molecular complexity index is 730. The molecule has 7 nitrogen and oxygen atoms in total. The van der Waals surface area contributed by atoms with Gasteiger partial charge in [-0.25, -0.2) is 9.97 Å². The molecule has 134 valence electrons. The van der Waals surface area contributed by atoms with E-state index in [2.05, 4.69) is 37.0 Å². The molecule has 1 aliphatic carbocycles. The lowest BCUT2D eigenvalue weighted by atomic mass is 10.0. The molecule has 0 bridgehead atoms. The van der Waals surface area contributed by atoms with Crippen molar-refractivity contribution in [2.45, 2.75) is 58.0 Å². The molecule has 3 heterocycles. The minimum absolute atomic E-state index is 0.464. The van der Waals surface area contributed by atoms with E-state index in [1.807, 2.05) is 6.92 Å². The molecule has 2 aromatic heterocycles. The molecule has 1 aliphatic heterocycles. The summed E-state index contributed by atoms with van der Waals surface area (Å²) >= 11 is 0. The van der Waals surface area contributed by atoms with Gasteiger partial charge in [0.25, 0.3) is 0 Å². The number of piperidine rings is 1. The number of hydrogen-bond donors (Lipinski definition) is 0. The second-order valence-electron chi connectivity index (χ2n) is 7.08. The number of likely N-dealkylation sites (tertiary alicyclic amines) is 1. The molecule has 2 aliphatic rings. The molecule has 0 spiro atoms. The maximum Gasteiger partial charge on any atom is 0.226 e. The van der Waals surface area contributed by atoms with Crippen LogP contribution in [-0.4, -0.2) is 51.2 Å². The fourth-order valence-electron chi connectivity index (χ4n) is 4.01. The van der Waals surface area contributed by atoms with E-state index in [0.29, 0.717) is 6.04 Å². The summed E-state index contributed by atoms with van der Waals surface area (Å²) in [6.45, 7) is 4.88. The summed E-state index contributed by atoms with van der Waals surface area (Å²) in [6.07, 6.45) is 8.28. The van der Waals surface area contributed by atoms with Crippen LogP contribution in [0.25, 0.3) is 0 Å². The van der Waals surface area contributed by atoms with Gasteiger partial charge in [-0.15, -0.1) is 0 Å². The number of rotatable bonds is 5. The summed E-state index contributed by atoms with van der Waals surface area (Å²) in [5, 5.41) is 4.09. The number of fused-ring (bicyclic) bond motifs is 1. The Balaban J connectivity index is 1.45. The second kappa shape index (κ2) is 7.07. The van der Waals surface area contributed by atoms with Gasteiger partial charge in [0.05, 0.1) is 6.54 Å². The maximum absolute atomic E-state index is 5.23. The summed E-state index contributed by atoms with van der Waals surface area (Å²) < 4.78 is 5.23. The van der Waals surface area contributed by atoms with E-state index in [0.717, 1.165) is 56.4 Å². The zero-order chi connectivity index (χ0) is 17.2. The lowest BCUT2D eigenvalue weighted by Crippen LogP contribution is -2.46. The molecule has 25 heavy (non-hydrogen) atoms. The lowest BCUT2D eigenvalue weighted by Gasteiger charge is -2.38. The average molecular weight is 342 g/mol. The molecule has 1 saturated heterocycles. The largest absolute Gasteiger partial charge is 0.355 e. The molecule has 7 heteroatoms. The smallest absolute Gasteiger partial charge is 0.226 e. The summed E-state index contributed by atoms with van der Waals surface area (Å²) in [6, 6.07) is 0.464. The predicted molar refractivity (Wildman–Crippen MR) is 94.4 cm³/mol. The second-order valence-corrected chi connectivity index (χ2v) is 7.08. The molecule has 0 amide bonds. The predicted octanol–water partition coefficient (Wildman–Crippen LogP) is 2.01. The fourth-order valence-corrected chi connectivity index (χ4v) is 4.01. The number of nitrogens with zero attached hydrogens (tertiary/aromatic N) is 6. The van der Waals surface area contributed by atoms with Crippen LogP contribution < -0.4 is 4.90 Å². The van der Waals surface area contributed by atoms with Crippen molar-refractivity contribution < 1.29 is 4.52 Å². The van der Waals surface area contributed by atoms with Crippen LogP contribution in [0, 0.1) is 0 Å². The first kappa shape index (κ1) is 16.4. The van der Waals surface area contributed by atoms with Crippen LogP contribution in [0.4, 0.5) is 5.82 Å². The van der Waals surface area contributed by atoms with Gasteiger partial charge in [-0.2, -0.15) is 4.98 Å². The molecule has 2 aromatic rings. The van der Waals surface area contributed by atoms with E-state index in [4.69, 9.17) is 4.52 Å². The fraction of sp³-hybridized carbons (Fsp3) is 0.667. The zero-order valence-electron chi connectivity index (χ0n) is 15.1. The Morgan fingerprint density at radius 1 is 1.28 bits per heavy atom. The first-order valence-corrected chi connectivity index (χ1v) is 9.34. The van der Waals surface area contributed by atoms with Gasteiger partial charge < -0.3 is 9.42 Å². The van der Waals surface area contributed by atoms with Crippen LogP contribution in [0.3, 0.4) is 0 Å². The van der Waals surface area contributed by atoms with Crippen molar-refractivity contribution in [1.29, 1.82) is 0 Å². The third kappa shape index (κ3) is 3.38. The average Bonchev–Trinajstić information content (AvgIpc) is 3.30. The van der Waals surface area contributed by atoms with Gasteiger partial charge in [-0.3, -0.25) is 4.90 Å². The molecule has 0 N–H and O–H groups in total. The van der Waals surface area contributed by atoms with Gasteiger partial charge in [0.2, 0.25) is 5.89 Å².